The molecular weight excluding hydrogens is 310 g/mol. The Morgan fingerprint density at radius 3 is 1.91 bits per heavy atom. The van der Waals surface area contributed by atoms with Crippen molar-refractivity contribution in [3.63, 3.8) is 0 Å². The number of anilines is 2. The Balaban J connectivity index is 2.52. The summed E-state index contributed by atoms with van der Waals surface area (Å²) in [6, 6.07) is 7.93. The van der Waals surface area contributed by atoms with Gasteiger partial charge in [0.25, 0.3) is 0 Å². The molecule has 0 unspecified atom stereocenters. The summed E-state index contributed by atoms with van der Waals surface area (Å²) >= 11 is 0. The zero-order chi connectivity index (χ0) is 16.5. The van der Waals surface area contributed by atoms with Gasteiger partial charge in [-0.25, -0.2) is 0 Å². The fourth-order valence-electron chi connectivity index (χ4n) is 1.93. The van der Waals surface area contributed by atoms with Crippen LogP contribution in [0.15, 0.2) is 42.5 Å². The van der Waals surface area contributed by atoms with Gasteiger partial charge in [0.1, 0.15) is 0 Å². The molecule has 0 heterocycles. The molecule has 22 heavy (non-hydrogen) atoms. The van der Waals surface area contributed by atoms with Crippen LogP contribution in [0.3, 0.4) is 0 Å². The second kappa shape index (κ2) is 5.43. The Kier molecular flexibility index (Phi) is 3.95. The lowest BCUT2D eigenvalue weighted by Gasteiger charge is -2.16. The van der Waals surface area contributed by atoms with Gasteiger partial charge in [0.2, 0.25) is 0 Å². The van der Waals surface area contributed by atoms with Gasteiger partial charge in [-0.3, -0.25) is 5.32 Å². The fourth-order valence-corrected chi connectivity index (χ4v) is 1.93. The van der Waals surface area contributed by atoms with E-state index in [2.05, 4.69) is 0 Å². The molecule has 0 aromatic heterocycles. The second-order valence-electron chi connectivity index (χ2n) is 4.50. The van der Waals surface area contributed by atoms with Crippen LogP contribution < -0.4 is 11.1 Å². The molecule has 0 aliphatic carbocycles. The molecule has 2 rings (SSSR count). The van der Waals surface area contributed by atoms with Crippen molar-refractivity contribution in [2.75, 3.05) is 11.1 Å². The minimum Gasteiger partial charge on any atom is -0.399 e. The van der Waals surface area contributed by atoms with Gasteiger partial charge >= 0.3 is 12.5 Å². The Morgan fingerprint density at radius 2 is 1.41 bits per heavy atom. The molecule has 0 saturated heterocycles. The summed E-state index contributed by atoms with van der Waals surface area (Å²) in [4.78, 5) is 0. The molecule has 2 aromatic rings. The third kappa shape index (κ3) is 3.84. The summed E-state index contributed by atoms with van der Waals surface area (Å²) in [5.74, 6) is 0. The molecule has 2 aromatic carbocycles. The van der Waals surface area contributed by atoms with Crippen molar-refractivity contribution in [1.82, 2.24) is 0 Å². The molecular formula is C14H10F6N2. The third-order valence-electron chi connectivity index (χ3n) is 2.83. The van der Waals surface area contributed by atoms with Gasteiger partial charge in [0.05, 0.1) is 5.56 Å². The van der Waals surface area contributed by atoms with E-state index in [0.717, 1.165) is 17.4 Å². The summed E-state index contributed by atoms with van der Waals surface area (Å²) in [6.07, 6.45) is -9.61. The molecule has 118 valence electrons. The summed E-state index contributed by atoms with van der Waals surface area (Å²) in [5.41, 5.74) is 3.98. The molecule has 0 fully saturated rings. The number of alkyl halides is 6. The smallest absolute Gasteiger partial charge is 0.399 e. The lowest BCUT2D eigenvalue weighted by Crippen LogP contribution is -2.21. The highest BCUT2D eigenvalue weighted by Gasteiger charge is 2.35. The number of hydrogen-bond donors (Lipinski definition) is 2. The molecule has 0 radical (unpaired) electrons. The number of nitrogens with two attached hydrogens (primary N) is 1. The highest BCUT2D eigenvalue weighted by Crippen LogP contribution is 2.39. The van der Waals surface area contributed by atoms with E-state index >= 15 is 0 Å². The third-order valence-corrected chi connectivity index (χ3v) is 2.83. The number of hydrogen-bond acceptors (Lipinski definition) is 2. The van der Waals surface area contributed by atoms with Crippen LogP contribution >= 0.6 is 0 Å². The van der Waals surface area contributed by atoms with Crippen molar-refractivity contribution < 1.29 is 26.3 Å². The molecule has 0 aliphatic rings. The van der Waals surface area contributed by atoms with Gasteiger partial charge in [-0.1, -0.05) is 18.2 Å². The van der Waals surface area contributed by atoms with E-state index in [9.17, 15) is 26.3 Å². The highest BCUT2D eigenvalue weighted by atomic mass is 19.4. The SMILES string of the molecule is Nc1ccc(-c2ccc(NC(F)(F)F)cc2C(F)(F)F)cc1. The first-order chi connectivity index (χ1) is 10.1. The quantitative estimate of drug-likeness (QED) is 0.470. The number of benzene rings is 2. The summed E-state index contributed by atoms with van der Waals surface area (Å²) in [7, 11) is 0. The first kappa shape index (κ1) is 16.0. The maximum absolute atomic E-state index is 13.1. The average Bonchev–Trinajstić information content (AvgIpc) is 2.37. The molecule has 0 amide bonds. The van der Waals surface area contributed by atoms with E-state index in [1.165, 1.54) is 24.3 Å². The molecule has 0 bridgehead atoms. The van der Waals surface area contributed by atoms with Crippen LogP contribution in [0.2, 0.25) is 0 Å². The number of halogens is 6. The van der Waals surface area contributed by atoms with Crippen LogP contribution in [0.1, 0.15) is 5.56 Å². The van der Waals surface area contributed by atoms with E-state index in [1.54, 1.807) is 0 Å². The minimum absolute atomic E-state index is 0.208. The maximum atomic E-state index is 13.1. The molecule has 8 heteroatoms. The lowest BCUT2D eigenvalue weighted by atomic mass is 9.98. The minimum atomic E-state index is -4.81. The topological polar surface area (TPSA) is 38.0 Å². The molecule has 0 saturated carbocycles. The molecule has 3 N–H and O–H groups in total. The van der Waals surface area contributed by atoms with Gasteiger partial charge in [0, 0.05) is 11.4 Å². The van der Waals surface area contributed by atoms with Gasteiger partial charge in [-0.2, -0.15) is 26.3 Å². The van der Waals surface area contributed by atoms with Crippen molar-refractivity contribution in [3.8, 4) is 11.1 Å². The maximum Gasteiger partial charge on any atom is 0.482 e. The largest absolute Gasteiger partial charge is 0.482 e. The monoisotopic (exact) mass is 320 g/mol. The van der Waals surface area contributed by atoms with Gasteiger partial charge in [0.15, 0.2) is 0 Å². The Morgan fingerprint density at radius 1 is 0.818 bits per heavy atom. The molecule has 0 aliphatic heterocycles. The van der Waals surface area contributed by atoms with Crippen molar-refractivity contribution in [3.05, 3.63) is 48.0 Å². The van der Waals surface area contributed by atoms with Crippen molar-refractivity contribution in [1.29, 1.82) is 0 Å². The predicted octanol–water partition coefficient (Wildman–Crippen LogP) is 4.89. The first-order valence-electron chi connectivity index (χ1n) is 5.98. The van der Waals surface area contributed by atoms with Crippen LogP contribution in [0.25, 0.3) is 11.1 Å². The number of nitrogens with one attached hydrogen (secondary N) is 1. The van der Waals surface area contributed by atoms with Crippen LogP contribution in [0.5, 0.6) is 0 Å². The summed E-state index contributed by atoms with van der Waals surface area (Å²) in [5, 5.41) is 1.06. The second-order valence-corrected chi connectivity index (χ2v) is 4.50. The van der Waals surface area contributed by atoms with Crippen molar-refractivity contribution in [2.45, 2.75) is 12.5 Å². The normalized spacial score (nSPS) is 12.3. The van der Waals surface area contributed by atoms with E-state index in [0.29, 0.717) is 11.8 Å². The van der Waals surface area contributed by atoms with Crippen LogP contribution in [0, 0.1) is 0 Å². The number of nitrogen functional groups attached to an aromatic ring is 1. The first-order valence-corrected chi connectivity index (χ1v) is 5.98. The van der Waals surface area contributed by atoms with E-state index in [-0.39, 0.29) is 11.1 Å². The Hall–Kier alpha value is -2.38. The Bertz CT molecular complexity index is 659. The van der Waals surface area contributed by atoms with E-state index < -0.39 is 23.7 Å². The summed E-state index contributed by atoms with van der Waals surface area (Å²) in [6.45, 7) is 0. The van der Waals surface area contributed by atoms with E-state index in [4.69, 9.17) is 5.73 Å². The average molecular weight is 320 g/mol. The highest BCUT2D eigenvalue weighted by molar-refractivity contribution is 5.72. The van der Waals surface area contributed by atoms with E-state index in [1.807, 2.05) is 0 Å². The van der Waals surface area contributed by atoms with Gasteiger partial charge in [-0.15, -0.1) is 0 Å². The Labute approximate surface area is 121 Å². The molecule has 2 nitrogen and oxygen atoms in total. The van der Waals surface area contributed by atoms with Gasteiger partial charge in [-0.05, 0) is 35.4 Å². The molecule has 0 atom stereocenters. The fraction of sp³-hybridized carbons (Fsp3) is 0.143. The van der Waals surface area contributed by atoms with Crippen LogP contribution in [0.4, 0.5) is 37.7 Å². The predicted molar refractivity (Wildman–Crippen MR) is 71.0 cm³/mol. The zero-order valence-electron chi connectivity index (χ0n) is 10.9. The lowest BCUT2D eigenvalue weighted by molar-refractivity contribution is -0.137. The van der Waals surface area contributed by atoms with Crippen LogP contribution in [-0.2, 0) is 6.18 Å². The standard InChI is InChI=1S/C14H10F6N2/c15-13(16,17)12-7-10(22-14(18,19)20)5-6-11(12)8-1-3-9(21)4-2-8/h1-7,22H,21H2. The van der Waals surface area contributed by atoms with Crippen molar-refractivity contribution in [2.24, 2.45) is 0 Å². The molecule has 0 spiro atoms. The summed E-state index contributed by atoms with van der Waals surface area (Å²) < 4.78 is 76.0. The van der Waals surface area contributed by atoms with Crippen LogP contribution in [-0.4, -0.2) is 6.30 Å². The zero-order valence-corrected chi connectivity index (χ0v) is 10.9. The van der Waals surface area contributed by atoms with Crippen molar-refractivity contribution >= 4 is 11.4 Å². The number of rotatable bonds is 2. The van der Waals surface area contributed by atoms with Gasteiger partial charge < -0.3 is 5.73 Å².